The molecule has 1 aliphatic heterocycles. The normalized spacial score (nSPS) is 16.5. The average molecular weight is 450 g/mol. The highest BCUT2D eigenvalue weighted by Gasteiger charge is 2.46. The molecule has 7 heteroatoms. The van der Waals surface area contributed by atoms with Crippen LogP contribution in [0, 0.1) is 6.92 Å². The summed E-state index contributed by atoms with van der Waals surface area (Å²) in [7, 11) is -2.55. The molecule has 0 aliphatic carbocycles. The van der Waals surface area contributed by atoms with E-state index >= 15 is 0 Å². The molecule has 0 saturated heterocycles. The molecule has 0 unspecified atom stereocenters. The van der Waals surface area contributed by atoms with Crippen LogP contribution in [0.15, 0.2) is 94.4 Å². The molecule has 0 bridgehead atoms. The molecule has 1 N–H and O–H groups in total. The Bertz CT molecular complexity index is 1260. The van der Waals surface area contributed by atoms with Crippen LogP contribution >= 0.6 is 0 Å². The number of ether oxygens (including phenoxy) is 1. The molecule has 0 spiro atoms. The van der Waals surface area contributed by atoms with E-state index in [9.17, 15) is 18.3 Å². The zero-order chi connectivity index (χ0) is 22.9. The number of amides is 1. The smallest absolute Gasteiger partial charge is 0.290 e. The summed E-state index contributed by atoms with van der Waals surface area (Å²) in [5.41, 5.74) is 2.39. The van der Waals surface area contributed by atoms with Gasteiger partial charge in [-0.2, -0.15) is 0 Å². The van der Waals surface area contributed by atoms with Gasteiger partial charge < -0.3 is 14.7 Å². The highest BCUT2D eigenvalue weighted by molar-refractivity contribution is 7.95. The van der Waals surface area contributed by atoms with E-state index in [0.29, 0.717) is 11.3 Å². The number of aryl methyl sites for hydroxylation is 1. The molecule has 164 valence electrons. The summed E-state index contributed by atoms with van der Waals surface area (Å²) < 4.78 is 32.2. The van der Waals surface area contributed by atoms with Crippen molar-refractivity contribution in [1.29, 1.82) is 0 Å². The second-order valence-corrected chi connectivity index (χ2v) is 9.54. The molecule has 1 aliphatic rings. The maximum absolute atomic E-state index is 13.5. The number of carbonyl (C=O) groups is 1. The van der Waals surface area contributed by atoms with Crippen LogP contribution in [0.3, 0.4) is 0 Å². The lowest BCUT2D eigenvalue weighted by Gasteiger charge is -2.27. The van der Waals surface area contributed by atoms with Gasteiger partial charge >= 0.3 is 0 Å². The number of aliphatic hydroxyl groups is 1. The maximum Gasteiger partial charge on any atom is 0.290 e. The highest BCUT2D eigenvalue weighted by atomic mass is 32.2. The summed E-state index contributed by atoms with van der Waals surface area (Å²) in [6.45, 7) is 2.05. The van der Waals surface area contributed by atoms with Crippen LogP contribution in [0.25, 0.3) is 0 Å². The first-order valence-corrected chi connectivity index (χ1v) is 11.5. The first kappa shape index (κ1) is 21.6. The minimum atomic E-state index is -4.12. The maximum atomic E-state index is 13.5. The Kier molecular flexibility index (Phi) is 5.76. The van der Waals surface area contributed by atoms with Crippen LogP contribution in [0.4, 0.5) is 0 Å². The molecular formula is C25H23NO5S. The minimum absolute atomic E-state index is 0.0257. The summed E-state index contributed by atoms with van der Waals surface area (Å²) in [6.07, 6.45) is 0. The summed E-state index contributed by atoms with van der Waals surface area (Å²) in [5.74, 6) is -0.793. The van der Waals surface area contributed by atoms with Gasteiger partial charge in [0.1, 0.15) is 10.7 Å². The average Bonchev–Trinajstić information content (AvgIpc) is 3.06. The second kappa shape index (κ2) is 8.51. The quantitative estimate of drug-likeness (QED) is 0.606. The van der Waals surface area contributed by atoms with E-state index in [1.807, 2.05) is 19.1 Å². The lowest BCUT2D eigenvalue weighted by molar-refractivity contribution is -0.130. The second-order valence-electron chi connectivity index (χ2n) is 7.62. The number of methoxy groups -OCH3 is 1. The van der Waals surface area contributed by atoms with Crippen molar-refractivity contribution in [3.63, 3.8) is 0 Å². The molecule has 0 radical (unpaired) electrons. The van der Waals surface area contributed by atoms with Crippen molar-refractivity contribution in [3.05, 3.63) is 106 Å². The SMILES string of the molecule is COc1ccc(CN2C(=O)C(O)=C(S(=O)(=O)c3ccccc3)[C@@H]2c2ccc(C)cc2)cc1. The Morgan fingerprint density at radius 2 is 1.56 bits per heavy atom. The molecule has 6 nitrogen and oxygen atoms in total. The fraction of sp³-hybridized carbons (Fsp3) is 0.160. The molecule has 32 heavy (non-hydrogen) atoms. The van der Waals surface area contributed by atoms with Gasteiger partial charge in [-0.25, -0.2) is 8.42 Å². The molecule has 1 atom stereocenters. The van der Waals surface area contributed by atoms with Gasteiger partial charge in [0.25, 0.3) is 5.91 Å². The summed E-state index contributed by atoms with van der Waals surface area (Å²) in [6, 6.07) is 21.3. The van der Waals surface area contributed by atoms with Gasteiger partial charge in [-0.05, 0) is 42.3 Å². The lowest BCUT2D eigenvalue weighted by atomic mass is 10.0. The van der Waals surface area contributed by atoms with Gasteiger partial charge in [-0.3, -0.25) is 4.79 Å². The van der Waals surface area contributed by atoms with Crippen molar-refractivity contribution in [3.8, 4) is 5.75 Å². The van der Waals surface area contributed by atoms with Crippen molar-refractivity contribution in [2.24, 2.45) is 0 Å². The molecule has 3 aromatic carbocycles. The molecule has 0 fully saturated rings. The number of hydrogen-bond acceptors (Lipinski definition) is 5. The molecule has 4 rings (SSSR count). The molecule has 0 aromatic heterocycles. The third-order valence-electron chi connectivity index (χ3n) is 5.50. The standard InChI is InChI=1S/C25H23NO5S/c1-17-8-12-19(13-9-17)22-24(32(29,30)21-6-4-3-5-7-21)23(27)25(28)26(22)16-18-10-14-20(31-2)15-11-18/h3-15,22,27H,16H2,1-2H3/t22-/m0/s1. The van der Waals surface area contributed by atoms with Gasteiger partial charge in [-0.15, -0.1) is 0 Å². The summed E-state index contributed by atoms with van der Waals surface area (Å²) in [4.78, 5) is 14.2. The van der Waals surface area contributed by atoms with E-state index in [4.69, 9.17) is 4.74 Å². The van der Waals surface area contributed by atoms with E-state index in [0.717, 1.165) is 11.1 Å². The van der Waals surface area contributed by atoms with Crippen LogP contribution in [0.5, 0.6) is 5.75 Å². The van der Waals surface area contributed by atoms with Gasteiger partial charge in [-0.1, -0.05) is 60.2 Å². The number of sulfone groups is 1. The zero-order valence-electron chi connectivity index (χ0n) is 17.7. The Morgan fingerprint density at radius 1 is 0.938 bits per heavy atom. The monoisotopic (exact) mass is 449 g/mol. The Hall–Kier alpha value is -3.58. The number of aliphatic hydroxyl groups excluding tert-OH is 1. The highest BCUT2D eigenvalue weighted by Crippen LogP contribution is 2.43. The van der Waals surface area contributed by atoms with Crippen molar-refractivity contribution in [1.82, 2.24) is 4.90 Å². The van der Waals surface area contributed by atoms with E-state index in [-0.39, 0.29) is 16.3 Å². The number of rotatable bonds is 6. The Labute approximate surface area is 187 Å². The summed E-state index contributed by atoms with van der Waals surface area (Å²) >= 11 is 0. The van der Waals surface area contributed by atoms with Crippen molar-refractivity contribution in [2.45, 2.75) is 24.4 Å². The molecule has 1 amide bonds. The van der Waals surface area contributed by atoms with Crippen molar-refractivity contribution in [2.75, 3.05) is 7.11 Å². The fourth-order valence-corrected chi connectivity index (χ4v) is 5.47. The van der Waals surface area contributed by atoms with E-state index in [1.165, 1.54) is 17.0 Å². The van der Waals surface area contributed by atoms with Crippen LogP contribution in [-0.4, -0.2) is 31.4 Å². The van der Waals surface area contributed by atoms with Gasteiger partial charge in [0.2, 0.25) is 9.84 Å². The first-order valence-electron chi connectivity index (χ1n) is 10.1. The van der Waals surface area contributed by atoms with Gasteiger partial charge in [0, 0.05) is 6.54 Å². The summed E-state index contributed by atoms with van der Waals surface area (Å²) in [5, 5.41) is 10.8. The van der Waals surface area contributed by atoms with E-state index in [1.54, 1.807) is 61.7 Å². The van der Waals surface area contributed by atoms with Gasteiger partial charge in [0.15, 0.2) is 5.76 Å². The minimum Gasteiger partial charge on any atom is -0.502 e. The molecule has 3 aromatic rings. The van der Waals surface area contributed by atoms with Crippen LogP contribution < -0.4 is 4.74 Å². The largest absolute Gasteiger partial charge is 0.502 e. The number of hydrogen-bond donors (Lipinski definition) is 1. The van der Waals surface area contributed by atoms with E-state index < -0.39 is 27.5 Å². The topological polar surface area (TPSA) is 83.9 Å². The molecule has 1 heterocycles. The van der Waals surface area contributed by atoms with Crippen LogP contribution in [-0.2, 0) is 21.2 Å². The number of carbonyl (C=O) groups excluding carboxylic acids is 1. The number of nitrogens with zero attached hydrogens (tertiary/aromatic N) is 1. The van der Waals surface area contributed by atoms with Crippen molar-refractivity contribution >= 4 is 15.7 Å². The Morgan fingerprint density at radius 3 is 2.16 bits per heavy atom. The fourth-order valence-electron chi connectivity index (χ4n) is 3.80. The van der Waals surface area contributed by atoms with Crippen LogP contribution in [0.1, 0.15) is 22.7 Å². The third kappa shape index (κ3) is 3.87. The predicted molar refractivity (Wildman–Crippen MR) is 121 cm³/mol. The van der Waals surface area contributed by atoms with Crippen LogP contribution in [0.2, 0.25) is 0 Å². The third-order valence-corrected chi connectivity index (χ3v) is 7.39. The van der Waals surface area contributed by atoms with E-state index in [2.05, 4.69) is 0 Å². The molecular weight excluding hydrogens is 426 g/mol. The molecule has 0 saturated carbocycles. The van der Waals surface area contributed by atoms with Crippen molar-refractivity contribution < 1.29 is 23.1 Å². The first-order chi connectivity index (χ1) is 15.3. The lowest BCUT2D eigenvalue weighted by Crippen LogP contribution is -2.30. The van der Waals surface area contributed by atoms with Gasteiger partial charge in [0.05, 0.1) is 18.0 Å². The zero-order valence-corrected chi connectivity index (χ0v) is 18.5. The predicted octanol–water partition coefficient (Wildman–Crippen LogP) is 4.33. The number of benzene rings is 3. The Balaban J connectivity index is 1.82.